The minimum Gasteiger partial charge on any atom is -0.394 e. The molecule has 1 amide bonds. The molecule has 0 aromatic rings. The van der Waals surface area contributed by atoms with Crippen LogP contribution in [0, 0.1) is 11.8 Å². The largest absolute Gasteiger partial charge is 0.394 e. The van der Waals surface area contributed by atoms with Gasteiger partial charge in [0, 0.05) is 19.8 Å². The first kappa shape index (κ1) is 14.4. The minimum absolute atomic E-state index is 0.0442. The number of hydrogen-bond acceptors (Lipinski definition) is 4. The molecule has 1 rings (SSSR count). The van der Waals surface area contributed by atoms with Gasteiger partial charge in [-0.1, -0.05) is 13.8 Å². The summed E-state index contributed by atoms with van der Waals surface area (Å²) < 4.78 is 5.26. The lowest BCUT2D eigenvalue weighted by Crippen LogP contribution is -2.57. The number of rotatable bonds is 5. The summed E-state index contributed by atoms with van der Waals surface area (Å²) in [6, 6.07) is 0. The number of aliphatic hydroxyl groups excluding tert-OH is 1. The van der Waals surface area contributed by atoms with E-state index in [0.29, 0.717) is 32.6 Å². The van der Waals surface area contributed by atoms with E-state index in [1.165, 1.54) is 0 Å². The summed E-state index contributed by atoms with van der Waals surface area (Å²) in [5.41, 5.74) is 5.10. The summed E-state index contributed by atoms with van der Waals surface area (Å²) in [7, 11) is 0. The van der Waals surface area contributed by atoms with Crippen LogP contribution in [0.1, 0.15) is 26.7 Å². The molecule has 0 bridgehead atoms. The van der Waals surface area contributed by atoms with Gasteiger partial charge < -0.3 is 20.9 Å². The molecule has 0 spiro atoms. The van der Waals surface area contributed by atoms with Gasteiger partial charge in [0.15, 0.2) is 0 Å². The number of carbonyl (C=O) groups excluding carboxylic acids is 1. The Bertz CT molecular complexity index is 250. The Labute approximate surface area is 103 Å². The van der Waals surface area contributed by atoms with Gasteiger partial charge in [-0.3, -0.25) is 4.79 Å². The topological polar surface area (TPSA) is 84.6 Å². The SMILES string of the molecule is CC(C)C(CN)C(=O)NC1(CO)CCOCC1. The van der Waals surface area contributed by atoms with Crippen molar-refractivity contribution in [3.63, 3.8) is 0 Å². The van der Waals surface area contributed by atoms with Crippen LogP contribution in [-0.2, 0) is 9.53 Å². The quantitative estimate of drug-likeness (QED) is 0.629. The lowest BCUT2D eigenvalue weighted by molar-refractivity contribution is -0.130. The van der Waals surface area contributed by atoms with Gasteiger partial charge in [0.1, 0.15) is 0 Å². The monoisotopic (exact) mass is 244 g/mol. The Morgan fingerprint density at radius 2 is 2.06 bits per heavy atom. The van der Waals surface area contributed by atoms with E-state index in [2.05, 4.69) is 5.32 Å². The second-order valence-electron chi connectivity index (χ2n) is 5.13. The van der Waals surface area contributed by atoms with Crippen LogP contribution in [0.25, 0.3) is 0 Å². The molecule has 1 unspecified atom stereocenters. The third-order valence-corrected chi connectivity index (χ3v) is 3.54. The van der Waals surface area contributed by atoms with Gasteiger partial charge in [0.05, 0.1) is 18.1 Å². The highest BCUT2D eigenvalue weighted by molar-refractivity contribution is 5.80. The molecular weight excluding hydrogens is 220 g/mol. The molecular formula is C12H24N2O3. The van der Waals surface area contributed by atoms with Crippen molar-refractivity contribution in [2.24, 2.45) is 17.6 Å². The zero-order valence-corrected chi connectivity index (χ0v) is 10.7. The van der Waals surface area contributed by atoms with E-state index in [0.717, 1.165) is 0 Å². The molecule has 0 aliphatic carbocycles. The molecule has 0 radical (unpaired) electrons. The van der Waals surface area contributed by atoms with Gasteiger partial charge in [0.25, 0.3) is 0 Å². The van der Waals surface area contributed by atoms with Gasteiger partial charge >= 0.3 is 0 Å². The van der Waals surface area contributed by atoms with Gasteiger partial charge in [-0.2, -0.15) is 0 Å². The molecule has 1 heterocycles. The summed E-state index contributed by atoms with van der Waals surface area (Å²) in [6.07, 6.45) is 1.31. The molecule has 0 saturated carbocycles. The van der Waals surface area contributed by atoms with Crippen molar-refractivity contribution in [2.75, 3.05) is 26.4 Å². The summed E-state index contributed by atoms with van der Waals surface area (Å²) in [5.74, 6) is -0.0460. The molecule has 1 atom stereocenters. The van der Waals surface area contributed by atoms with E-state index in [9.17, 15) is 9.90 Å². The van der Waals surface area contributed by atoms with Crippen molar-refractivity contribution < 1.29 is 14.6 Å². The molecule has 5 nitrogen and oxygen atoms in total. The van der Waals surface area contributed by atoms with Gasteiger partial charge in [-0.05, 0) is 18.8 Å². The number of amides is 1. The van der Waals surface area contributed by atoms with E-state index in [-0.39, 0.29) is 24.3 Å². The number of hydrogen-bond donors (Lipinski definition) is 3. The lowest BCUT2D eigenvalue weighted by atomic mass is 9.88. The minimum atomic E-state index is -0.516. The maximum absolute atomic E-state index is 12.1. The Morgan fingerprint density at radius 1 is 1.47 bits per heavy atom. The van der Waals surface area contributed by atoms with Crippen LogP contribution >= 0.6 is 0 Å². The molecule has 100 valence electrons. The van der Waals surface area contributed by atoms with Crippen molar-refractivity contribution in [1.82, 2.24) is 5.32 Å². The molecule has 0 aromatic heterocycles. The molecule has 1 fully saturated rings. The van der Waals surface area contributed by atoms with Crippen molar-refractivity contribution in [2.45, 2.75) is 32.2 Å². The standard InChI is InChI=1S/C12H24N2O3/c1-9(2)10(7-13)11(16)14-12(8-15)3-5-17-6-4-12/h9-10,15H,3-8,13H2,1-2H3,(H,14,16). The first-order valence-electron chi connectivity index (χ1n) is 6.25. The van der Waals surface area contributed by atoms with E-state index in [1.54, 1.807) is 0 Å². The number of nitrogens with one attached hydrogen (secondary N) is 1. The molecule has 1 saturated heterocycles. The molecule has 4 N–H and O–H groups in total. The first-order chi connectivity index (χ1) is 8.04. The van der Waals surface area contributed by atoms with Gasteiger partial charge in [0.2, 0.25) is 5.91 Å². The molecule has 5 heteroatoms. The summed E-state index contributed by atoms with van der Waals surface area (Å²) in [6.45, 7) is 5.41. The van der Waals surface area contributed by atoms with E-state index in [1.807, 2.05) is 13.8 Å². The number of aliphatic hydroxyl groups is 1. The average Bonchev–Trinajstić information content (AvgIpc) is 2.30. The maximum Gasteiger partial charge on any atom is 0.225 e. The fraction of sp³-hybridized carbons (Fsp3) is 0.917. The van der Waals surface area contributed by atoms with Crippen molar-refractivity contribution in [1.29, 1.82) is 0 Å². The molecule has 17 heavy (non-hydrogen) atoms. The fourth-order valence-electron chi connectivity index (χ4n) is 2.12. The normalized spacial score (nSPS) is 21.2. The van der Waals surface area contributed by atoms with Crippen molar-refractivity contribution in [3.8, 4) is 0 Å². The zero-order chi connectivity index (χ0) is 12.9. The number of ether oxygens (including phenoxy) is 1. The molecule has 1 aliphatic rings. The fourth-order valence-corrected chi connectivity index (χ4v) is 2.12. The van der Waals surface area contributed by atoms with Crippen LogP contribution in [0.15, 0.2) is 0 Å². The summed E-state index contributed by atoms with van der Waals surface area (Å²) in [4.78, 5) is 12.1. The van der Waals surface area contributed by atoms with Gasteiger partial charge in [-0.25, -0.2) is 0 Å². The smallest absolute Gasteiger partial charge is 0.225 e. The van der Waals surface area contributed by atoms with Crippen molar-refractivity contribution in [3.05, 3.63) is 0 Å². The maximum atomic E-state index is 12.1. The van der Waals surface area contributed by atoms with Crippen molar-refractivity contribution >= 4 is 5.91 Å². The van der Waals surface area contributed by atoms with Crippen LogP contribution in [0.2, 0.25) is 0 Å². The molecule has 0 aromatic carbocycles. The second-order valence-corrected chi connectivity index (χ2v) is 5.13. The van der Waals surface area contributed by atoms with Crippen LogP contribution in [-0.4, -0.2) is 42.9 Å². The summed E-state index contributed by atoms with van der Waals surface area (Å²) in [5, 5.41) is 12.4. The van der Waals surface area contributed by atoms with Crippen LogP contribution in [0.5, 0.6) is 0 Å². The third-order valence-electron chi connectivity index (χ3n) is 3.54. The van der Waals surface area contributed by atoms with Crippen LogP contribution in [0.3, 0.4) is 0 Å². The van der Waals surface area contributed by atoms with Crippen LogP contribution in [0.4, 0.5) is 0 Å². The first-order valence-corrected chi connectivity index (χ1v) is 6.25. The molecule has 1 aliphatic heterocycles. The Kier molecular flexibility index (Phi) is 5.36. The highest BCUT2D eigenvalue weighted by Gasteiger charge is 2.35. The predicted molar refractivity (Wildman–Crippen MR) is 65.4 cm³/mol. The van der Waals surface area contributed by atoms with Gasteiger partial charge in [-0.15, -0.1) is 0 Å². The third kappa shape index (κ3) is 3.66. The highest BCUT2D eigenvalue weighted by Crippen LogP contribution is 2.21. The highest BCUT2D eigenvalue weighted by atomic mass is 16.5. The van der Waals surface area contributed by atoms with Crippen LogP contribution < -0.4 is 11.1 Å². The Hall–Kier alpha value is -0.650. The average molecular weight is 244 g/mol. The van der Waals surface area contributed by atoms with E-state index >= 15 is 0 Å². The Balaban J connectivity index is 2.63. The number of nitrogens with two attached hydrogens (primary N) is 1. The zero-order valence-electron chi connectivity index (χ0n) is 10.7. The second kappa shape index (κ2) is 6.33. The van der Waals surface area contributed by atoms with E-state index in [4.69, 9.17) is 10.5 Å². The Morgan fingerprint density at radius 3 is 2.47 bits per heavy atom. The lowest BCUT2D eigenvalue weighted by Gasteiger charge is -2.37. The predicted octanol–water partition coefficient (Wildman–Crippen LogP) is -0.125. The van der Waals surface area contributed by atoms with E-state index < -0.39 is 5.54 Å². The number of carbonyl (C=O) groups is 1. The summed E-state index contributed by atoms with van der Waals surface area (Å²) >= 11 is 0.